The number of halogens is 3. The first kappa shape index (κ1) is 16.4. The van der Waals surface area contributed by atoms with Crippen LogP contribution in [0.3, 0.4) is 0 Å². The van der Waals surface area contributed by atoms with Gasteiger partial charge in [-0.15, -0.1) is 0 Å². The van der Waals surface area contributed by atoms with Crippen molar-refractivity contribution >= 4 is 43.5 Å². The lowest BCUT2D eigenvalue weighted by Crippen LogP contribution is -2.01. The van der Waals surface area contributed by atoms with Gasteiger partial charge < -0.3 is 4.74 Å². The normalized spacial score (nSPS) is 10.2. The lowest BCUT2D eigenvalue weighted by molar-refractivity contribution is 0.302. The third-order valence-electron chi connectivity index (χ3n) is 3.01. The van der Waals surface area contributed by atoms with Crippen molar-refractivity contribution in [2.24, 2.45) is 0 Å². The molecule has 0 unspecified atom stereocenters. The molecule has 0 radical (unpaired) electrons. The van der Waals surface area contributed by atoms with Gasteiger partial charge in [-0.25, -0.2) is 0 Å². The number of aryl methyl sites for hydroxylation is 1. The number of nitriles is 1. The van der Waals surface area contributed by atoms with Gasteiger partial charge in [0.25, 0.3) is 0 Å². The summed E-state index contributed by atoms with van der Waals surface area (Å²) < 4.78 is 6.96. The van der Waals surface area contributed by atoms with Gasteiger partial charge in [-0.05, 0) is 36.8 Å². The molecule has 0 spiro atoms. The molecule has 2 rings (SSSR count). The highest BCUT2D eigenvalue weighted by atomic mass is 79.9. The zero-order valence-electron chi connectivity index (χ0n) is 11.3. The number of ether oxygens (including phenoxy) is 1. The second-order valence-electron chi connectivity index (χ2n) is 4.55. The van der Waals surface area contributed by atoms with Gasteiger partial charge in [-0.1, -0.05) is 49.5 Å². The molecular formula is C16H12Br2ClNO. The van der Waals surface area contributed by atoms with E-state index in [1.54, 1.807) is 12.1 Å². The first-order valence-electron chi connectivity index (χ1n) is 6.21. The van der Waals surface area contributed by atoms with Crippen LogP contribution in [0.2, 0.25) is 5.02 Å². The van der Waals surface area contributed by atoms with E-state index in [1.807, 2.05) is 25.1 Å². The van der Waals surface area contributed by atoms with Crippen LogP contribution in [0.5, 0.6) is 5.75 Å². The SMILES string of the molecule is Cc1cc(Br)cc(CBr)c1OCc1ccc(C#N)cc1Cl. The van der Waals surface area contributed by atoms with E-state index in [2.05, 4.69) is 37.9 Å². The molecule has 0 heterocycles. The fourth-order valence-corrected chi connectivity index (χ4v) is 3.26. The summed E-state index contributed by atoms with van der Waals surface area (Å²) >= 11 is 13.1. The molecule has 0 aliphatic carbocycles. The maximum Gasteiger partial charge on any atom is 0.126 e. The molecule has 0 aliphatic rings. The van der Waals surface area contributed by atoms with Crippen LogP contribution < -0.4 is 4.74 Å². The van der Waals surface area contributed by atoms with E-state index in [1.165, 1.54) is 0 Å². The Morgan fingerprint density at radius 2 is 2.00 bits per heavy atom. The van der Waals surface area contributed by atoms with Crippen molar-refractivity contribution < 1.29 is 4.74 Å². The predicted octanol–water partition coefficient (Wildman–Crippen LogP) is 5.76. The van der Waals surface area contributed by atoms with E-state index in [4.69, 9.17) is 21.6 Å². The molecule has 2 aromatic rings. The minimum Gasteiger partial charge on any atom is -0.488 e. The Bertz CT molecular complexity index is 710. The molecule has 21 heavy (non-hydrogen) atoms. The van der Waals surface area contributed by atoms with Crippen LogP contribution in [-0.4, -0.2) is 0 Å². The average molecular weight is 430 g/mol. The Kier molecular flexibility index (Phi) is 5.69. The summed E-state index contributed by atoms with van der Waals surface area (Å²) in [6.07, 6.45) is 0. The Morgan fingerprint density at radius 1 is 1.24 bits per heavy atom. The molecule has 0 bridgehead atoms. The van der Waals surface area contributed by atoms with Crippen molar-refractivity contribution in [2.75, 3.05) is 0 Å². The fraction of sp³-hybridized carbons (Fsp3) is 0.188. The Hall–Kier alpha value is -1.02. The molecule has 0 saturated heterocycles. The first-order chi connectivity index (χ1) is 10.0. The molecule has 5 heteroatoms. The number of nitrogens with zero attached hydrogens (tertiary/aromatic N) is 1. The van der Waals surface area contributed by atoms with E-state index in [0.717, 1.165) is 26.9 Å². The summed E-state index contributed by atoms with van der Waals surface area (Å²) in [5.74, 6) is 0.857. The minimum absolute atomic E-state index is 0.368. The number of hydrogen-bond acceptors (Lipinski definition) is 2. The largest absolute Gasteiger partial charge is 0.488 e. The van der Waals surface area contributed by atoms with Crippen LogP contribution in [-0.2, 0) is 11.9 Å². The summed E-state index contributed by atoms with van der Waals surface area (Å²) in [7, 11) is 0. The van der Waals surface area contributed by atoms with Crippen molar-refractivity contribution in [1.82, 2.24) is 0 Å². The van der Waals surface area contributed by atoms with Crippen LogP contribution in [0, 0.1) is 18.3 Å². The average Bonchev–Trinajstić information content (AvgIpc) is 2.46. The van der Waals surface area contributed by atoms with Gasteiger partial charge in [0.05, 0.1) is 11.6 Å². The first-order valence-corrected chi connectivity index (χ1v) is 8.50. The standard InChI is InChI=1S/C16H12Br2ClNO/c1-10-4-14(18)6-13(7-17)16(10)21-9-12-3-2-11(8-20)5-15(12)19/h2-6H,7,9H2,1H3. The van der Waals surface area contributed by atoms with Crippen molar-refractivity contribution in [3.8, 4) is 11.8 Å². The van der Waals surface area contributed by atoms with Crippen molar-refractivity contribution in [3.63, 3.8) is 0 Å². The van der Waals surface area contributed by atoms with Gasteiger partial charge in [0.2, 0.25) is 0 Å². The Labute approximate surface area is 145 Å². The Morgan fingerprint density at radius 3 is 2.62 bits per heavy atom. The molecular weight excluding hydrogens is 417 g/mol. The summed E-state index contributed by atoms with van der Waals surface area (Å²) in [5.41, 5.74) is 3.54. The van der Waals surface area contributed by atoms with E-state index in [-0.39, 0.29) is 0 Å². The zero-order valence-corrected chi connectivity index (χ0v) is 15.2. The molecule has 0 aliphatic heterocycles. The smallest absolute Gasteiger partial charge is 0.126 e. The van der Waals surface area contributed by atoms with E-state index < -0.39 is 0 Å². The number of rotatable bonds is 4. The van der Waals surface area contributed by atoms with Crippen LogP contribution in [0.15, 0.2) is 34.8 Å². The second kappa shape index (κ2) is 7.31. The van der Waals surface area contributed by atoms with Gasteiger partial charge in [0.15, 0.2) is 0 Å². The van der Waals surface area contributed by atoms with E-state index in [9.17, 15) is 0 Å². The molecule has 0 atom stereocenters. The van der Waals surface area contributed by atoms with Crippen LogP contribution >= 0.6 is 43.5 Å². The maximum absolute atomic E-state index is 8.84. The number of hydrogen-bond donors (Lipinski definition) is 0. The molecule has 0 aromatic heterocycles. The lowest BCUT2D eigenvalue weighted by Gasteiger charge is -2.14. The molecule has 108 valence electrons. The van der Waals surface area contributed by atoms with Crippen molar-refractivity contribution in [1.29, 1.82) is 5.26 Å². The van der Waals surface area contributed by atoms with Crippen molar-refractivity contribution in [3.05, 3.63) is 62.1 Å². The monoisotopic (exact) mass is 427 g/mol. The van der Waals surface area contributed by atoms with Gasteiger partial charge in [-0.3, -0.25) is 0 Å². The quantitative estimate of drug-likeness (QED) is 0.579. The maximum atomic E-state index is 8.84. The van der Waals surface area contributed by atoms with Crippen LogP contribution in [0.4, 0.5) is 0 Å². The van der Waals surface area contributed by atoms with Gasteiger partial charge in [0, 0.05) is 26.0 Å². The minimum atomic E-state index is 0.368. The molecule has 0 N–H and O–H groups in total. The summed E-state index contributed by atoms with van der Waals surface area (Å²) in [6, 6.07) is 11.3. The summed E-state index contributed by atoms with van der Waals surface area (Å²) in [4.78, 5) is 0. The molecule has 0 amide bonds. The van der Waals surface area contributed by atoms with E-state index >= 15 is 0 Å². The van der Waals surface area contributed by atoms with Crippen LogP contribution in [0.1, 0.15) is 22.3 Å². The van der Waals surface area contributed by atoms with Gasteiger partial charge >= 0.3 is 0 Å². The van der Waals surface area contributed by atoms with Crippen LogP contribution in [0.25, 0.3) is 0 Å². The van der Waals surface area contributed by atoms with Gasteiger partial charge in [-0.2, -0.15) is 5.26 Å². The third-order valence-corrected chi connectivity index (χ3v) is 4.43. The highest BCUT2D eigenvalue weighted by Crippen LogP contribution is 2.31. The summed E-state index contributed by atoms with van der Waals surface area (Å²) in [6.45, 7) is 2.37. The molecule has 0 saturated carbocycles. The number of alkyl halides is 1. The topological polar surface area (TPSA) is 33.0 Å². The number of benzene rings is 2. The third kappa shape index (κ3) is 4.00. The Balaban J connectivity index is 2.23. The highest BCUT2D eigenvalue weighted by molar-refractivity contribution is 9.10. The molecule has 2 aromatic carbocycles. The predicted molar refractivity (Wildman–Crippen MR) is 92.0 cm³/mol. The zero-order chi connectivity index (χ0) is 15.4. The van der Waals surface area contributed by atoms with Gasteiger partial charge in [0.1, 0.15) is 12.4 Å². The summed E-state index contributed by atoms with van der Waals surface area (Å²) in [5, 5.41) is 10.1. The molecule has 0 fully saturated rings. The second-order valence-corrected chi connectivity index (χ2v) is 6.43. The highest BCUT2D eigenvalue weighted by Gasteiger charge is 2.10. The van der Waals surface area contributed by atoms with E-state index in [0.29, 0.717) is 22.5 Å². The lowest BCUT2D eigenvalue weighted by atomic mass is 10.1. The van der Waals surface area contributed by atoms with Crippen molar-refractivity contribution in [2.45, 2.75) is 18.9 Å². The molecule has 2 nitrogen and oxygen atoms in total. The fourth-order valence-electron chi connectivity index (χ4n) is 1.99.